The average molecular weight is 293 g/mol. The molecule has 104 valence electrons. The van der Waals surface area contributed by atoms with E-state index in [1.54, 1.807) is 12.1 Å². The molecule has 6 heteroatoms. The Morgan fingerprint density at radius 1 is 1.25 bits per heavy atom. The second kappa shape index (κ2) is 6.34. The lowest BCUT2D eigenvalue weighted by Crippen LogP contribution is -2.25. The van der Waals surface area contributed by atoms with E-state index in [9.17, 15) is 9.59 Å². The number of hydrogen-bond donors (Lipinski definition) is 2. The van der Waals surface area contributed by atoms with Crippen LogP contribution in [0.2, 0.25) is 5.15 Å². The number of carbonyl (C=O) groups is 2. The van der Waals surface area contributed by atoms with Gasteiger partial charge in [0.15, 0.2) is 0 Å². The third kappa shape index (κ3) is 3.24. The predicted octanol–water partition coefficient (Wildman–Crippen LogP) is 2.48. The van der Waals surface area contributed by atoms with Crippen LogP contribution in [0.25, 0.3) is 10.8 Å². The summed E-state index contributed by atoms with van der Waals surface area (Å²) in [6.07, 6.45) is 1.84. The first-order valence-electron chi connectivity index (χ1n) is 6.13. The van der Waals surface area contributed by atoms with Gasteiger partial charge in [0.1, 0.15) is 5.15 Å². The van der Waals surface area contributed by atoms with Crippen LogP contribution in [0.3, 0.4) is 0 Å². The third-order valence-corrected chi connectivity index (χ3v) is 3.15. The maximum absolute atomic E-state index is 12.1. The normalized spacial score (nSPS) is 10.4. The van der Waals surface area contributed by atoms with E-state index in [4.69, 9.17) is 16.7 Å². The van der Waals surface area contributed by atoms with Crippen LogP contribution in [-0.4, -0.2) is 28.5 Å². The molecule has 0 bridgehead atoms. The maximum atomic E-state index is 12.1. The molecular weight excluding hydrogens is 280 g/mol. The van der Waals surface area contributed by atoms with Crippen molar-refractivity contribution in [1.29, 1.82) is 0 Å². The lowest BCUT2D eigenvalue weighted by Gasteiger charge is -2.08. The number of carbonyl (C=O) groups excluding carboxylic acids is 1. The Morgan fingerprint density at radius 2 is 1.95 bits per heavy atom. The van der Waals surface area contributed by atoms with E-state index < -0.39 is 5.97 Å². The van der Waals surface area contributed by atoms with Crippen LogP contribution < -0.4 is 5.32 Å². The van der Waals surface area contributed by atoms with Gasteiger partial charge < -0.3 is 10.4 Å². The Balaban J connectivity index is 2.14. The van der Waals surface area contributed by atoms with Crippen molar-refractivity contribution in [3.05, 3.63) is 41.2 Å². The largest absolute Gasteiger partial charge is 0.481 e. The van der Waals surface area contributed by atoms with Crippen molar-refractivity contribution in [2.24, 2.45) is 0 Å². The Labute approximate surface area is 120 Å². The lowest BCUT2D eigenvalue weighted by atomic mass is 10.1. The molecule has 0 unspecified atom stereocenters. The maximum Gasteiger partial charge on any atom is 0.303 e. The van der Waals surface area contributed by atoms with Gasteiger partial charge in [0.25, 0.3) is 5.91 Å². The number of amides is 1. The van der Waals surface area contributed by atoms with Gasteiger partial charge in [-0.25, -0.2) is 4.98 Å². The number of nitrogens with zero attached hydrogens (tertiary/aromatic N) is 1. The van der Waals surface area contributed by atoms with Crippen molar-refractivity contribution < 1.29 is 14.7 Å². The summed E-state index contributed by atoms with van der Waals surface area (Å²) in [5.74, 6) is -1.16. The first-order chi connectivity index (χ1) is 9.59. The fraction of sp³-hybridized carbons (Fsp3) is 0.214. The second-order valence-corrected chi connectivity index (χ2v) is 4.62. The molecule has 5 nitrogen and oxygen atoms in total. The van der Waals surface area contributed by atoms with E-state index in [1.807, 2.05) is 12.1 Å². The highest BCUT2D eigenvalue weighted by Crippen LogP contribution is 2.23. The third-order valence-electron chi connectivity index (χ3n) is 2.84. The molecule has 0 aliphatic heterocycles. The molecule has 1 amide bonds. The van der Waals surface area contributed by atoms with E-state index in [-0.39, 0.29) is 12.3 Å². The minimum absolute atomic E-state index is 0.0277. The van der Waals surface area contributed by atoms with Crippen LogP contribution in [0.5, 0.6) is 0 Å². The SMILES string of the molecule is O=C(O)CCCNC(=O)c1cnc(Cl)c2ccccc12. The fourth-order valence-corrected chi connectivity index (χ4v) is 2.09. The summed E-state index contributed by atoms with van der Waals surface area (Å²) >= 11 is 5.99. The van der Waals surface area contributed by atoms with Gasteiger partial charge in [-0.1, -0.05) is 35.9 Å². The number of fused-ring (bicyclic) bond motifs is 1. The molecule has 1 heterocycles. The highest BCUT2D eigenvalue weighted by atomic mass is 35.5. The van der Waals surface area contributed by atoms with Crippen molar-refractivity contribution in [3.8, 4) is 0 Å². The van der Waals surface area contributed by atoms with Crippen LogP contribution in [0.1, 0.15) is 23.2 Å². The van der Waals surface area contributed by atoms with Crippen molar-refractivity contribution in [3.63, 3.8) is 0 Å². The Morgan fingerprint density at radius 3 is 2.65 bits per heavy atom. The van der Waals surface area contributed by atoms with Crippen LogP contribution in [0.4, 0.5) is 0 Å². The molecule has 2 aromatic rings. The Bertz CT molecular complexity index is 658. The van der Waals surface area contributed by atoms with Gasteiger partial charge in [-0.05, 0) is 11.8 Å². The van der Waals surface area contributed by atoms with Crippen molar-refractivity contribution in [1.82, 2.24) is 10.3 Å². The Kier molecular flexibility index (Phi) is 4.53. The predicted molar refractivity (Wildman–Crippen MR) is 76.0 cm³/mol. The van der Waals surface area contributed by atoms with E-state index >= 15 is 0 Å². The first kappa shape index (κ1) is 14.3. The number of aromatic nitrogens is 1. The molecule has 0 aliphatic carbocycles. The van der Waals surface area contributed by atoms with E-state index in [2.05, 4.69) is 10.3 Å². The molecule has 0 aliphatic rings. The van der Waals surface area contributed by atoms with Crippen molar-refractivity contribution >= 4 is 34.2 Å². The van der Waals surface area contributed by atoms with E-state index in [0.29, 0.717) is 29.1 Å². The zero-order valence-corrected chi connectivity index (χ0v) is 11.4. The smallest absolute Gasteiger partial charge is 0.303 e. The van der Waals surface area contributed by atoms with Gasteiger partial charge in [0, 0.05) is 24.5 Å². The van der Waals surface area contributed by atoms with Gasteiger partial charge in [-0.15, -0.1) is 0 Å². The molecule has 0 radical (unpaired) electrons. The topological polar surface area (TPSA) is 79.3 Å². The van der Waals surface area contributed by atoms with Crippen LogP contribution in [-0.2, 0) is 4.79 Å². The molecule has 2 rings (SSSR count). The summed E-state index contributed by atoms with van der Waals surface area (Å²) in [5.41, 5.74) is 0.431. The average Bonchev–Trinajstić information content (AvgIpc) is 2.44. The molecule has 1 aromatic heterocycles. The summed E-state index contributed by atoms with van der Waals surface area (Å²) in [5, 5.41) is 13.0. The zero-order valence-electron chi connectivity index (χ0n) is 10.6. The summed E-state index contributed by atoms with van der Waals surface area (Å²) in [7, 11) is 0. The quantitative estimate of drug-likeness (QED) is 0.655. The molecular formula is C14H13ClN2O3. The first-order valence-corrected chi connectivity index (χ1v) is 6.50. The van der Waals surface area contributed by atoms with Crippen molar-refractivity contribution in [2.75, 3.05) is 6.54 Å². The molecule has 0 fully saturated rings. The molecule has 2 N–H and O–H groups in total. The molecule has 0 saturated carbocycles. The molecule has 0 spiro atoms. The summed E-state index contributed by atoms with van der Waals surface area (Å²) < 4.78 is 0. The number of nitrogens with one attached hydrogen (secondary N) is 1. The Hall–Kier alpha value is -2.14. The molecule has 20 heavy (non-hydrogen) atoms. The summed E-state index contributed by atoms with van der Waals surface area (Å²) in [4.78, 5) is 26.5. The zero-order chi connectivity index (χ0) is 14.5. The van der Waals surface area contributed by atoms with E-state index in [1.165, 1.54) is 6.20 Å². The summed E-state index contributed by atoms with van der Waals surface area (Å²) in [6, 6.07) is 7.24. The van der Waals surface area contributed by atoms with Gasteiger partial charge in [-0.2, -0.15) is 0 Å². The number of halogens is 1. The monoisotopic (exact) mass is 292 g/mol. The number of benzene rings is 1. The minimum Gasteiger partial charge on any atom is -0.481 e. The number of carboxylic acids is 1. The van der Waals surface area contributed by atoms with Crippen molar-refractivity contribution in [2.45, 2.75) is 12.8 Å². The highest BCUT2D eigenvalue weighted by Gasteiger charge is 2.12. The highest BCUT2D eigenvalue weighted by molar-refractivity contribution is 6.34. The van der Waals surface area contributed by atoms with E-state index in [0.717, 1.165) is 5.39 Å². The number of hydrogen-bond acceptors (Lipinski definition) is 3. The van der Waals surface area contributed by atoms with Crippen LogP contribution in [0, 0.1) is 0 Å². The molecule has 0 atom stereocenters. The second-order valence-electron chi connectivity index (χ2n) is 4.26. The van der Waals surface area contributed by atoms with Gasteiger partial charge in [0.05, 0.1) is 5.56 Å². The lowest BCUT2D eigenvalue weighted by molar-refractivity contribution is -0.137. The standard InChI is InChI=1S/C14H13ClN2O3/c15-13-10-5-2-1-4-9(10)11(8-17-13)14(20)16-7-3-6-12(18)19/h1-2,4-5,8H,3,6-7H2,(H,16,20)(H,18,19). The molecule has 1 aromatic carbocycles. The fourth-order valence-electron chi connectivity index (χ4n) is 1.88. The van der Waals surface area contributed by atoms with Gasteiger partial charge in [-0.3, -0.25) is 9.59 Å². The number of pyridine rings is 1. The summed E-state index contributed by atoms with van der Waals surface area (Å²) in [6.45, 7) is 0.308. The van der Waals surface area contributed by atoms with Gasteiger partial charge in [0.2, 0.25) is 0 Å². The molecule has 0 saturated heterocycles. The van der Waals surface area contributed by atoms with Crippen LogP contribution >= 0.6 is 11.6 Å². The minimum atomic E-state index is -0.877. The number of aliphatic carboxylic acids is 1. The van der Waals surface area contributed by atoms with Gasteiger partial charge >= 0.3 is 5.97 Å². The number of carboxylic acid groups (broad SMARTS) is 1. The number of rotatable bonds is 5. The van der Waals surface area contributed by atoms with Crippen LogP contribution in [0.15, 0.2) is 30.5 Å².